The summed E-state index contributed by atoms with van der Waals surface area (Å²) in [6.45, 7) is 0. The highest BCUT2D eigenvalue weighted by Crippen LogP contribution is 2.43. The van der Waals surface area contributed by atoms with Gasteiger partial charge in [0.2, 0.25) is 0 Å². The Bertz CT molecular complexity index is 3100. The van der Waals surface area contributed by atoms with Gasteiger partial charge >= 0.3 is 0 Å². The zero-order valence-corrected chi connectivity index (χ0v) is 32.4. The topological polar surface area (TPSA) is 128 Å². The quantitative estimate of drug-likeness (QED) is 0.157. The molecule has 3 heterocycles. The fraction of sp³-hybridized carbons (Fsp3) is 0. The third kappa shape index (κ3) is 6.71. The first-order chi connectivity index (χ1) is 30.1. The van der Waals surface area contributed by atoms with Gasteiger partial charge in [0, 0.05) is 44.2 Å². The molecule has 8 heteroatoms. The number of hydrogen-bond donors (Lipinski definition) is 0. The van der Waals surface area contributed by atoms with Crippen LogP contribution >= 0.6 is 0 Å². The molecular weight excluding hydrogens is 749 g/mol. The van der Waals surface area contributed by atoms with Crippen LogP contribution in [0.3, 0.4) is 0 Å². The summed E-state index contributed by atoms with van der Waals surface area (Å²) in [5.41, 5.74) is 10.6. The number of rotatable bonds is 7. The van der Waals surface area contributed by atoms with Gasteiger partial charge in [-0.2, -0.15) is 15.8 Å². The van der Waals surface area contributed by atoms with Crippen LogP contribution in [0.4, 0.5) is 0 Å². The van der Waals surface area contributed by atoms with Gasteiger partial charge in [-0.05, 0) is 48.5 Å². The predicted octanol–water partition coefficient (Wildman–Crippen LogP) is 12.0. The molecule has 10 aromatic rings. The number of hydrogen-bond acceptors (Lipinski definition) is 7. The van der Waals surface area contributed by atoms with E-state index in [9.17, 15) is 15.8 Å². The van der Waals surface area contributed by atoms with Crippen molar-refractivity contribution in [3.63, 3.8) is 0 Å². The summed E-state index contributed by atoms with van der Waals surface area (Å²) in [7, 11) is 0. The van der Waals surface area contributed by atoms with Crippen molar-refractivity contribution in [2.45, 2.75) is 0 Å². The zero-order valence-electron chi connectivity index (χ0n) is 32.4. The third-order valence-corrected chi connectivity index (χ3v) is 10.7. The number of nitrogens with zero attached hydrogens (tertiary/aromatic N) is 8. The Balaban J connectivity index is 1.39. The van der Waals surface area contributed by atoms with Gasteiger partial charge in [-0.1, -0.05) is 133 Å². The molecule has 0 unspecified atom stereocenters. The van der Waals surface area contributed by atoms with Crippen LogP contribution in [0, 0.1) is 34.0 Å². The Morgan fingerprint density at radius 2 is 0.705 bits per heavy atom. The minimum absolute atomic E-state index is 0.382. The Morgan fingerprint density at radius 3 is 1.08 bits per heavy atom. The largest absolute Gasteiger partial charge is 0.308 e. The highest BCUT2D eigenvalue weighted by atomic mass is 15.0. The second-order valence-electron chi connectivity index (χ2n) is 14.4. The van der Waals surface area contributed by atoms with Crippen LogP contribution in [0.1, 0.15) is 16.7 Å². The molecule has 0 amide bonds. The molecule has 0 aliphatic rings. The van der Waals surface area contributed by atoms with Gasteiger partial charge in [-0.3, -0.25) is 0 Å². The van der Waals surface area contributed by atoms with Crippen LogP contribution in [0.25, 0.3) is 95.3 Å². The van der Waals surface area contributed by atoms with E-state index in [1.54, 1.807) is 12.1 Å². The zero-order chi connectivity index (χ0) is 41.3. The molecular formula is C53H30N8. The van der Waals surface area contributed by atoms with Crippen LogP contribution in [0.15, 0.2) is 182 Å². The maximum Gasteiger partial charge on any atom is 0.160 e. The molecule has 282 valence electrons. The van der Waals surface area contributed by atoms with Gasteiger partial charge in [-0.25, -0.2) is 19.9 Å². The second kappa shape index (κ2) is 15.4. The average molecular weight is 779 g/mol. The first kappa shape index (κ1) is 36.3. The lowest BCUT2D eigenvalue weighted by molar-refractivity contribution is 1.13. The lowest BCUT2D eigenvalue weighted by atomic mass is 9.95. The van der Waals surface area contributed by atoms with Crippen LogP contribution < -0.4 is 0 Å². The lowest BCUT2D eigenvalue weighted by Gasteiger charge is -2.20. The summed E-state index contributed by atoms with van der Waals surface area (Å²) in [5, 5.41) is 33.1. The van der Waals surface area contributed by atoms with Crippen molar-refractivity contribution in [2.24, 2.45) is 0 Å². The number of aromatic nitrogens is 5. The van der Waals surface area contributed by atoms with Crippen LogP contribution in [-0.4, -0.2) is 24.5 Å². The minimum Gasteiger partial charge on any atom is -0.308 e. The highest BCUT2D eigenvalue weighted by molar-refractivity contribution is 6.11. The average Bonchev–Trinajstić information content (AvgIpc) is 3.66. The summed E-state index contributed by atoms with van der Waals surface area (Å²) >= 11 is 0. The van der Waals surface area contributed by atoms with E-state index in [0.29, 0.717) is 67.9 Å². The summed E-state index contributed by atoms with van der Waals surface area (Å²) in [4.78, 5) is 20.7. The smallest absolute Gasteiger partial charge is 0.160 e. The number of nitriles is 3. The summed E-state index contributed by atoms with van der Waals surface area (Å²) in [6.07, 6.45) is 0. The normalized spacial score (nSPS) is 10.9. The highest BCUT2D eigenvalue weighted by Gasteiger charge is 2.25. The Kier molecular flexibility index (Phi) is 9.16. The van der Waals surface area contributed by atoms with Gasteiger partial charge in [-0.15, -0.1) is 0 Å². The Morgan fingerprint density at radius 1 is 0.344 bits per heavy atom. The van der Waals surface area contributed by atoms with E-state index >= 15 is 0 Å². The van der Waals surface area contributed by atoms with Crippen molar-refractivity contribution in [3.05, 3.63) is 199 Å². The lowest BCUT2D eigenvalue weighted by Crippen LogP contribution is -2.06. The van der Waals surface area contributed by atoms with E-state index < -0.39 is 0 Å². The molecule has 3 aromatic heterocycles. The van der Waals surface area contributed by atoms with Crippen molar-refractivity contribution in [1.82, 2.24) is 24.5 Å². The van der Waals surface area contributed by atoms with Gasteiger partial charge in [0.1, 0.15) is 0 Å². The molecule has 0 N–H and O–H groups in total. The predicted molar refractivity (Wildman–Crippen MR) is 239 cm³/mol. The molecule has 0 bridgehead atoms. The van der Waals surface area contributed by atoms with E-state index in [2.05, 4.69) is 22.8 Å². The molecule has 0 spiro atoms. The molecule has 0 fully saturated rings. The van der Waals surface area contributed by atoms with E-state index in [1.165, 1.54) is 0 Å². The van der Waals surface area contributed by atoms with E-state index in [-0.39, 0.29) is 0 Å². The second-order valence-corrected chi connectivity index (χ2v) is 14.4. The molecule has 0 saturated heterocycles. The molecule has 61 heavy (non-hydrogen) atoms. The van der Waals surface area contributed by atoms with Crippen molar-refractivity contribution in [1.29, 1.82) is 15.8 Å². The van der Waals surface area contributed by atoms with Gasteiger partial charge in [0.15, 0.2) is 11.6 Å². The molecule has 0 aliphatic carbocycles. The Hall–Kier alpha value is -9.03. The SMILES string of the molecule is N#Cc1cc(-c2cc(-c3ccccc3)nc(-c3ccccc3)n2)c(-n2c3cc(C#N)ccc3c3ccc(C#N)cc32)c(-c2cc(-c3ccccc3)nc(-c3ccccc3)n2)c1. The van der Waals surface area contributed by atoms with E-state index in [4.69, 9.17) is 19.9 Å². The monoisotopic (exact) mass is 778 g/mol. The maximum absolute atomic E-state index is 10.8. The van der Waals surface area contributed by atoms with Gasteiger partial charge in [0.25, 0.3) is 0 Å². The summed E-state index contributed by atoms with van der Waals surface area (Å²) < 4.78 is 2.08. The number of fused-ring (bicyclic) bond motifs is 3. The molecule has 8 nitrogen and oxygen atoms in total. The van der Waals surface area contributed by atoms with Crippen LogP contribution in [0.5, 0.6) is 0 Å². The molecule has 10 rings (SSSR count). The summed E-state index contributed by atoms with van der Waals surface area (Å²) in [6, 6.07) is 65.4. The van der Waals surface area contributed by atoms with E-state index in [1.807, 2.05) is 170 Å². The van der Waals surface area contributed by atoms with Gasteiger partial charge in [0.05, 0.1) is 74.4 Å². The van der Waals surface area contributed by atoms with Gasteiger partial charge < -0.3 is 4.57 Å². The maximum atomic E-state index is 10.8. The third-order valence-electron chi connectivity index (χ3n) is 10.7. The first-order valence-corrected chi connectivity index (χ1v) is 19.6. The van der Waals surface area contributed by atoms with Crippen molar-refractivity contribution in [2.75, 3.05) is 0 Å². The fourth-order valence-corrected chi connectivity index (χ4v) is 7.85. The standard InChI is InChI=1S/C53H30N8/c54-31-34-21-23-41-42-24-22-35(32-55)28-50(42)61(49(41)27-34)51-43(47-29-45(37-13-5-1-6-14-37)57-52(59-47)39-17-9-3-10-18-39)25-36(33-56)26-44(51)48-30-46(38-15-7-2-8-16-38)58-53(60-48)40-19-11-4-12-20-40/h1-30H. The molecule has 0 atom stereocenters. The first-order valence-electron chi connectivity index (χ1n) is 19.6. The minimum atomic E-state index is 0.382. The molecule has 0 saturated carbocycles. The Labute approximate surface area is 351 Å². The van der Waals surface area contributed by atoms with Crippen LogP contribution in [-0.2, 0) is 0 Å². The van der Waals surface area contributed by atoms with Crippen LogP contribution in [0.2, 0.25) is 0 Å². The number of benzene rings is 7. The molecule has 7 aromatic carbocycles. The van der Waals surface area contributed by atoms with E-state index in [0.717, 1.165) is 44.1 Å². The van der Waals surface area contributed by atoms with Crippen molar-refractivity contribution >= 4 is 21.8 Å². The molecule has 0 radical (unpaired) electrons. The molecule has 0 aliphatic heterocycles. The summed E-state index contributed by atoms with van der Waals surface area (Å²) in [5.74, 6) is 1.01. The van der Waals surface area contributed by atoms with Crippen molar-refractivity contribution in [3.8, 4) is 91.7 Å². The van der Waals surface area contributed by atoms with Crippen molar-refractivity contribution < 1.29 is 0 Å². The fourth-order valence-electron chi connectivity index (χ4n) is 7.85.